The molecule has 0 radical (unpaired) electrons. The van der Waals surface area contributed by atoms with Crippen molar-refractivity contribution >= 4 is 15.7 Å². The highest BCUT2D eigenvalue weighted by Gasteiger charge is 2.48. The van der Waals surface area contributed by atoms with Crippen LogP contribution in [-0.2, 0) is 16.4 Å². The summed E-state index contributed by atoms with van der Waals surface area (Å²) >= 11 is 0. The summed E-state index contributed by atoms with van der Waals surface area (Å²) in [6.45, 7) is 4.36. The highest BCUT2D eigenvalue weighted by molar-refractivity contribution is 7.89. The number of halogens is 3. The molecule has 1 heterocycles. The number of hydrogen-bond donors (Lipinski definition) is 0. The van der Waals surface area contributed by atoms with Crippen molar-refractivity contribution in [1.82, 2.24) is 4.31 Å². The Hall–Kier alpha value is -2.77. The third-order valence-corrected chi connectivity index (χ3v) is 8.75. The van der Waals surface area contributed by atoms with E-state index >= 15 is 0 Å². The third-order valence-electron chi connectivity index (χ3n) is 6.22. The minimum atomic E-state index is -4.76. The van der Waals surface area contributed by atoms with E-state index in [2.05, 4.69) is 10.8 Å². The van der Waals surface area contributed by atoms with Gasteiger partial charge in [-0.15, -0.1) is 13.2 Å². The van der Waals surface area contributed by atoms with E-state index in [0.717, 1.165) is 5.56 Å². The molecule has 0 aromatic heterocycles. The summed E-state index contributed by atoms with van der Waals surface area (Å²) in [7, 11) is -3.83. The first-order valence-electron chi connectivity index (χ1n) is 10.6. The SMILES string of the molecule is CC1CN(c2ccc(OC(F)(F)F)cc2)CC(C)N1S(=O)(=O)[C@H]1c2ccccc2C[C@H]1C#N. The molecule has 0 bridgehead atoms. The molecule has 1 fully saturated rings. The van der Waals surface area contributed by atoms with Crippen LogP contribution in [0.3, 0.4) is 0 Å². The van der Waals surface area contributed by atoms with Gasteiger partial charge in [0.2, 0.25) is 10.0 Å². The zero-order valence-corrected chi connectivity index (χ0v) is 19.0. The summed E-state index contributed by atoms with van der Waals surface area (Å²) in [6.07, 6.45) is -4.35. The van der Waals surface area contributed by atoms with Crippen molar-refractivity contribution < 1.29 is 26.3 Å². The smallest absolute Gasteiger partial charge is 0.406 e. The molecule has 10 heteroatoms. The monoisotopic (exact) mass is 479 g/mol. The van der Waals surface area contributed by atoms with Crippen molar-refractivity contribution in [2.45, 2.75) is 44.0 Å². The van der Waals surface area contributed by atoms with Gasteiger partial charge in [0.25, 0.3) is 0 Å². The van der Waals surface area contributed by atoms with Crippen molar-refractivity contribution in [2.24, 2.45) is 5.92 Å². The number of benzene rings is 2. The number of anilines is 1. The van der Waals surface area contributed by atoms with Gasteiger partial charge in [-0.3, -0.25) is 0 Å². The van der Waals surface area contributed by atoms with Crippen LogP contribution in [0.2, 0.25) is 0 Å². The zero-order valence-electron chi connectivity index (χ0n) is 18.2. The number of alkyl halides is 3. The van der Waals surface area contributed by atoms with Gasteiger partial charge < -0.3 is 9.64 Å². The first kappa shape index (κ1) is 23.4. The van der Waals surface area contributed by atoms with Crippen LogP contribution in [0.15, 0.2) is 48.5 Å². The van der Waals surface area contributed by atoms with Gasteiger partial charge in [-0.25, -0.2) is 8.42 Å². The Morgan fingerprint density at radius 2 is 1.64 bits per heavy atom. The molecule has 1 aliphatic carbocycles. The van der Waals surface area contributed by atoms with E-state index in [1.54, 1.807) is 12.1 Å². The standard InChI is InChI=1S/C23H24F3N3O3S/c1-15-13-28(19-7-9-20(10-8-19)32-23(24,25)26)14-16(2)29(15)33(30,31)22-18(12-27)11-17-5-3-4-6-21(17)22/h3-10,15-16,18,22H,11,13-14H2,1-2H3/t15?,16?,18-,22+/m0/s1. The molecule has 0 N–H and O–H groups in total. The number of nitriles is 1. The van der Waals surface area contributed by atoms with Gasteiger partial charge in [-0.1, -0.05) is 24.3 Å². The van der Waals surface area contributed by atoms with Crippen LogP contribution in [0.25, 0.3) is 0 Å². The first-order valence-corrected chi connectivity index (χ1v) is 12.1. The normalized spacial score (nSPS) is 26.0. The summed E-state index contributed by atoms with van der Waals surface area (Å²) in [4.78, 5) is 1.95. The van der Waals surface area contributed by atoms with Gasteiger partial charge >= 0.3 is 6.36 Å². The number of ether oxygens (including phenoxy) is 1. The van der Waals surface area contributed by atoms with Crippen molar-refractivity contribution in [3.63, 3.8) is 0 Å². The van der Waals surface area contributed by atoms with Crippen molar-refractivity contribution in [2.75, 3.05) is 18.0 Å². The Morgan fingerprint density at radius 3 is 2.21 bits per heavy atom. The van der Waals surface area contributed by atoms with E-state index in [0.29, 0.717) is 30.8 Å². The van der Waals surface area contributed by atoms with Gasteiger partial charge in [-0.2, -0.15) is 9.57 Å². The Bertz CT molecular complexity index is 1150. The molecule has 2 unspecified atom stereocenters. The lowest BCUT2D eigenvalue weighted by Gasteiger charge is -2.45. The number of rotatable bonds is 4. The maximum atomic E-state index is 13.8. The largest absolute Gasteiger partial charge is 0.573 e. The van der Waals surface area contributed by atoms with Crippen LogP contribution in [0, 0.1) is 17.2 Å². The minimum Gasteiger partial charge on any atom is -0.406 e. The fourth-order valence-corrected chi connectivity index (χ4v) is 7.57. The number of hydrogen-bond acceptors (Lipinski definition) is 5. The second kappa shape index (κ2) is 8.54. The Labute approximate surface area is 191 Å². The summed E-state index contributed by atoms with van der Waals surface area (Å²) in [6, 6.07) is 14.2. The molecule has 1 aliphatic heterocycles. The molecule has 2 aromatic carbocycles. The first-order chi connectivity index (χ1) is 15.5. The molecular weight excluding hydrogens is 455 g/mol. The molecule has 0 amide bonds. The highest BCUT2D eigenvalue weighted by atomic mass is 32.2. The molecule has 2 aliphatic rings. The van der Waals surface area contributed by atoms with E-state index in [1.165, 1.54) is 28.6 Å². The maximum absolute atomic E-state index is 13.8. The van der Waals surface area contributed by atoms with Crippen molar-refractivity contribution in [3.05, 3.63) is 59.7 Å². The van der Waals surface area contributed by atoms with E-state index in [1.807, 2.05) is 30.9 Å². The number of fused-ring (bicyclic) bond motifs is 1. The Kier molecular flexibility index (Phi) is 6.05. The van der Waals surface area contributed by atoms with Crippen LogP contribution in [-0.4, -0.2) is 44.3 Å². The second-order valence-corrected chi connectivity index (χ2v) is 10.5. The van der Waals surface area contributed by atoms with Gasteiger partial charge in [0, 0.05) is 30.9 Å². The summed E-state index contributed by atoms with van der Waals surface area (Å²) in [5.74, 6) is -0.956. The summed E-state index contributed by atoms with van der Waals surface area (Å²) < 4.78 is 70.3. The number of piperazine rings is 1. The lowest BCUT2D eigenvalue weighted by Crippen LogP contribution is -2.59. The summed E-state index contributed by atoms with van der Waals surface area (Å²) in [5.41, 5.74) is 2.25. The molecule has 176 valence electrons. The minimum absolute atomic E-state index is 0.309. The Morgan fingerprint density at radius 1 is 1.03 bits per heavy atom. The lowest BCUT2D eigenvalue weighted by atomic mass is 10.1. The van der Waals surface area contributed by atoms with E-state index < -0.39 is 39.6 Å². The van der Waals surface area contributed by atoms with Crippen LogP contribution in [0.5, 0.6) is 5.75 Å². The zero-order chi connectivity index (χ0) is 24.0. The number of nitrogens with zero attached hydrogens (tertiary/aromatic N) is 3. The van der Waals surface area contributed by atoms with Crippen LogP contribution < -0.4 is 9.64 Å². The third kappa shape index (κ3) is 4.52. The topological polar surface area (TPSA) is 73.6 Å². The molecule has 4 atom stereocenters. The van der Waals surface area contributed by atoms with Crippen molar-refractivity contribution in [3.8, 4) is 11.8 Å². The number of sulfonamides is 1. The molecular formula is C23H24F3N3O3S. The highest BCUT2D eigenvalue weighted by Crippen LogP contribution is 2.44. The van der Waals surface area contributed by atoms with Gasteiger partial charge in [0.1, 0.15) is 11.0 Å². The molecule has 0 saturated carbocycles. The van der Waals surface area contributed by atoms with Crippen LogP contribution in [0.4, 0.5) is 18.9 Å². The van der Waals surface area contributed by atoms with Gasteiger partial charge in [-0.05, 0) is 55.7 Å². The molecule has 0 spiro atoms. The van der Waals surface area contributed by atoms with Gasteiger partial charge in [0.15, 0.2) is 0 Å². The molecule has 2 aromatic rings. The average Bonchev–Trinajstić information content (AvgIpc) is 3.12. The molecule has 6 nitrogen and oxygen atoms in total. The lowest BCUT2D eigenvalue weighted by molar-refractivity contribution is -0.274. The molecule has 4 rings (SSSR count). The fourth-order valence-electron chi connectivity index (χ4n) is 5.05. The maximum Gasteiger partial charge on any atom is 0.573 e. The second-order valence-electron chi connectivity index (χ2n) is 8.58. The molecule has 33 heavy (non-hydrogen) atoms. The quantitative estimate of drug-likeness (QED) is 0.656. The Balaban J connectivity index is 1.56. The van der Waals surface area contributed by atoms with E-state index in [9.17, 15) is 26.9 Å². The van der Waals surface area contributed by atoms with Gasteiger partial charge in [0.05, 0.1) is 12.0 Å². The average molecular weight is 480 g/mol. The van der Waals surface area contributed by atoms with Crippen molar-refractivity contribution in [1.29, 1.82) is 5.26 Å². The fraction of sp³-hybridized carbons (Fsp3) is 0.435. The van der Waals surface area contributed by atoms with Crippen LogP contribution in [0.1, 0.15) is 30.2 Å². The van der Waals surface area contributed by atoms with E-state index in [4.69, 9.17) is 0 Å². The molecule has 1 saturated heterocycles. The van der Waals surface area contributed by atoms with E-state index in [-0.39, 0.29) is 5.75 Å². The summed E-state index contributed by atoms with van der Waals surface area (Å²) in [5, 5.41) is 8.76. The van der Waals surface area contributed by atoms with Crippen LogP contribution >= 0.6 is 0 Å². The predicted octanol–water partition coefficient (Wildman–Crippen LogP) is 4.25. The predicted molar refractivity (Wildman–Crippen MR) is 117 cm³/mol.